The van der Waals surface area contributed by atoms with Crippen molar-refractivity contribution < 1.29 is 23.1 Å². The number of alkyl halides is 3. The molecule has 1 saturated heterocycles. The van der Waals surface area contributed by atoms with Crippen molar-refractivity contribution >= 4 is 23.3 Å². The number of hydrogen-bond acceptors (Lipinski definition) is 4. The zero-order valence-electron chi connectivity index (χ0n) is 14.2. The Kier molecular flexibility index (Phi) is 5.46. The summed E-state index contributed by atoms with van der Waals surface area (Å²) in [6, 6.07) is 6.61. The Morgan fingerprint density at radius 2 is 1.89 bits per heavy atom. The summed E-state index contributed by atoms with van der Waals surface area (Å²) in [6.45, 7) is 1.80. The first-order valence-electron chi connectivity index (χ1n) is 8.31. The number of hydrogen-bond donors (Lipinski definition) is 1. The number of anilines is 1. The summed E-state index contributed by atoms with van der Waals surface area (Å²) in [5.41, 5.74) is -0.669. The number of aromatic nitrogens is 1. The first-order chi connectivity index (χ1) is 12.8. The average molecular weight is 400 g/mol. The quantitative estimate of drug-likeness (QED) is 0.834. The van der Waals surface area contributed by atoms with Gasteiger partial charge in [0.05, 0.1) is 11.1 Å². The van der Waals surface area contributed by atoms with Gasteiger partial charge in [-0.25, -0.2) is 4.98 Å². The van der Waals surface area contributed by atoms with E-state index in [1.54, 1.807) is 4.90 Å². The maximum absolute atomic E-state index is 12.7. The topological polar surface area (TPSA) is 56.7 Å². The summed E-state index contributed by atoms with van der Waals surface area (Å²) in [5.74, 6) is -0.0463. The number of carbonyl (C=O) groups excluding carboxylic acids is 1. The lowest BCUT2D eigenvalue weighted by Crippen LogP contribution is -2.35. The van der Waals surface area contributed by atoms with Crippen LogP contribution >= 0.6 is 11.6 Å². The van der Waals surface area contributed by atoms with Gasteiger partial charge in [-0.15, -0.1) is 0 Å². The van der Waals surface area contributed by atoms with E-state index in [1.165, 1.54) is 24.3 Å². The van der Waals surface area contributed by atoms with Gasteiger partial charge in [-0.05, 0) is 36.8 Å². The van der Waals surface area contributed by atoms with Crippen molar-refractivity contribution in [3.05, 3.63) is 52.7 Å². The smallest absolute Gasteiger partial charge is 0.417 e. The van der Waals surface area contributed by atoms with E-state index in [9.17, 15) is 23.1 Å². The second kappa shape index (κ2) is 7.64. The van der Waals surface area contributed by atoms with Gasteiger partial charge in [0.2, 0.25) is 0 Å². The van der Waals surface area contributed by atoms with Gasteiger partial charge in [0.15, 0.2) is 0 Å². The molecule has 9 heteroatoms. The lowest BCUT2D eigenvalue weighted by atomic mass is 10.1. The summed E-state index contributed by atoms with van der Waals surface area (Å²) in [4.78, 5) is 20.0. The second-order valence-electron chi connectivity index (χ2n) is 6.20. The number of phenols is 1. The van der Waals surface area contributed by atoms with Crippen LogP contribution in [0.4, 0.5) is 19.0 Å². The number of halogens is 4. The minimum atomic E-state index is -4.42. The van der Waals surface area contributed by atoms with Crippen LogP contribution in [-0.4, -0.2) is 47.1 Å². The Morgan fingerprint density at radius 3 is 2.56 bits per heavy atom. The highest BCUT2D eigenvalue weighted by Crippen LogP contribution is 2.29. The molecule has 27 heavy (non-hydrogen) atoms. The fourth-order valence-corrected chi connectivity index (χ4v) is 3.11. The van der Waals surface area contributed by atoms with Crippen molar-refractivity contribution in [3.63, 3.8) is 0 Å². The Bertz CT molecular complexity index is 828. The van der Waals surface area contributed by atoms with Gasteiger partial charge < -0.3 is 14.9 Å². The molecule has 1 aliphatic heterocycles. The number of nitrogens with zero attached hydrogens (tertiary/aromatic N) is 3. The second-order valence-corrected chi connectivity index (χ2v) is 6.63. The minimum absolute atomic E-state index is 0.128. The van der Waals surface area contributed by atoms with Crippen LogP contribution in [-0.2, 0) is 6.18 Å². The molecular weight excluding hydrogens is 383 g/mol. The van der Waals surface area contributed by atoms with Gasteiger partial charge in [-0.2, -0.15) is 13.2 Å². The van der Waals surface area contributed by atoms with Gasteiger partial charge >= 0.3 is 6.18 Å². The number of carbonyl (C=O) groups is 1. The largest absolute Gasteiger partial charge is 0.507 e. The van der Waals surface area contributed by atoms with E-state index in [1.807, 2.05) is 4.90 Å². The van der Waals surface area contributed by atoms with Gasteiger partial charge in [0.25, 0.3) is 5.91 Å². The van der Waals surface area contributed by atoms with E-state index < -0.39 is 11.7 Å². The molecule has 0 radical (unpaired) electrons. The number of aromatic hydroxyl groups is 1. The van der Waals surface area contributed by atoms with E-state index in [4.69, 9.17) is 11.6 Å². The molecule has 0 unspecified atom stereocenters. The molecule has 1 aromatic carbocycles. The van der Waals surface area contributed by atoms with E-state index in [0.29, 0.717) is 43.4 Å². The van der Waals surface area contributed by atoms with E-state index in [0.717, 1.165) is 12.3 Å². The number of amides is 1. The fourth-order valence-electron chi connectivity index (χ4n) is 2.94. The predicted octanol–water partition coefficient (Wildman–Crippen LogP) is 3.81. The number of pyridine rings is 1. The highest BCUT2D eigenvalue weighted by atomic mass is 35.5. The van der Waals surface area contributed by atoms with Gasteiger partial charge in [0, 0.05) is 37.4 Å². The van der Waals surface area contributed by atoms with Crippen molar-refractivity contribution in [3.8, 4) is 5.75 Å². The molecule has 2 aromatic rings. The van der Waals surface area contributed by atoms with Crippen molar-refractivity contribution in [1.82, 2.24) is 9.88 Å². The molecule has 2 heterocycles. The normalized spacial score (nSPS) is 15.6. The molecule has 0 atom stereocenters. The van der Waals surface area contributed by atoms with Crippen LogP contribution < -0.4 is 4.90 Å². The summed E-state index contributed by atoms with van der Waals surface area (Å²) in [6.07, 6.45) is -2.99. The summed E-state index contributed by atoms with van der Waals surface area (Å²) in [5, 5.41) is 10.3. The minimum Gasteiger partial charge on any atom is -0.507 e. The SMILES string of the molecule is O=C(c1cc(Cl)ccc1O)N1CCCN(c2ccc(C(F)(F)F)cn2)CC1. The fraction of sp³-hybridized carbons (Fsp3) is 0.333. The maximum Gasteiger partial charge on any atom is 0.417 e. The molecule has 0 bridgehead atoms. The molecule has 0 saturated carbocycles. The van der Waals surface area contributed by atoms with Crippen molar-refractivity contribution in [2.75, 3.05) is 31.1 Å². The molecule has 0 aliphatic carbocycles. The molecule has 1 fully saturated rings. The molecule has 144 valence electrons. The van der Waals surface area contributed by atoms with Crippen LogP contribution in [0.5, 0.6) is 5.75 Å². The molecule has 1 aliphatic rings. The molecule has 3 rings (SSSR count). The standard InChI is InChI=1S/C18H17ClF3N3O2/c19-13-3-4-15(26)14(10-13)17(27)25-7-1-6-24(8-9-25)16-5-2-12(11-23-16)18(20,21)22/h2-5,10-11,26H,1,6-9H2. The number of rotatable bonds is 2. The highest BCUT2D eigenvalue weighted by molar-refractivity contribution is 6.31. The van der Waals surface area contributed by atoms with Crippen molar-refractivity contribution in [2.45, 2.75) is 12.6 Å². The highest BCUT2D eigenvalue weighted by Gasteiger charge is 2.31. The summed E-state index contributed by atoms with van der Waals surface area (Å²) >= 11 is 5.90. The lowest BCUT2D eigenvalue weighted by Gasteiger charge is -2.23. The average Bonchev–Trinajstić information content (AvgIpc) is 2.89. The lowest BCUT2D eigenvalue weighted by molar-refractivity contribution is -0.137. The Morgan fingerprint density at radius 1 is 1.11 bits per heavy atom. The zero-order valence-corrected chi connectivity index (χ0v) is 15.0. The monoisotopic (exact) mass is 399 g/mol. The first-order valence-corrected chi connectivity index (χ1v) is 8.69. The van der Waals surface area contributed by atoms with Gasteiger partial charge in [0.1, 0.15) is 11.6 Å². The molecule has 1 aromatic heterocycles. The first kappa shape index (κ1) is 19.3. The van der Waals surface area contributed by atoms with Crippen LogP contribution in [0.3, 0.4) is 0 Å². The summed E-state index contributed by atoms with van der Waals surface area (Å²) in [7, 11) is 0. The van der Waals surface area contributed by atoms with Gasteiger partial charge in [-0.3, -0.25) is 4.79 Å². The van der Waals surface area contributed by atoms with Crippen molar-refractivity contribution in [1.29, 1.82) is 0 Å². The Labute approximate surface area is 159 Å². The third kappa shape index (κ3) is 4.44. The zero-order chi connectivity index (χ0) is 19.6. The Balaban J connectivity index is 1.70. The molecule has 1 N–H and O–H groups in total. The number of benzene rings is 1. The number of phenolic OH excluding ortho intramolecular Hbond substituents is 1. The third-order valence-electron chi connectivity index (χ3n) is 4.37. The third-order valence-corrected chi connectivity index (χ3v) is 4.61. The van der Waals surface area contributed by atoms with Crippen molar-refractivity contribution in [2.24, 2.45) is 0 Å². The molecule has 1 amide bonds. The van der Waals surface area contributed by atoms with E-state index in [2.05, 4.69) is 4.98 Å². The maximum atomic E-state index is 12.7. The molecular formula is C18H17ClF3N3O2. The molecule has 5 nitrogen and oxygen atoms in total. The summed E-state index contributed by atoms with van der Waals surface area (Å²) < 4.78 is 38.0. The van der Waals surface area contributed by atoms with Crippen LogP contribution in [0.25, 0.3) is 0 Å². The van der Waals surface area contributed by atoms with Crippen LogP contribution in [0.15, 0.2) is 36.5 Å². The van der Waals surface area contributed by atoms with Crippen LogP contribution in [0, 0.1) is 0 Å². The predicted molar refractivity (Wildman–Crippen MR) is 95.1 cm³/mol. The van der Waals surface area contributed by atoms with Gasteiger partial charge in [-0.1, -0.05) is 11.6 Å². The Hall–Kier alpha value is -2.48. The molecule has 0 spiro atoms. The van der Waals surface area contributed by atoms with Crippen LogP contribution in [0.1, 0.15) is 22.3 Å². The van der Waals surface area contributed by atoms with Crippen LogP contribution in [0.2, 0.25) is 5.02 Å². The van der Waals surface area contributed by atoms with E-state index in [-0.39, 0.29) is 17.2 Å². The van der Waals surface area contributed by atoms with E-state index >= 15 is 0 Å².